The molecular weight excluding hydrogens is 442 g/mol. The molecule has 2 aromatic carbocycles. The summed E-state index contributed by atoms with van der Waals surface area (Å²) in [7, 11) is 0. The molecule has 0 saturated heterocycles. The molecule has 0 aromatic heterocycles. The van der Waals surface area contributed by atoms with Gasteiger partial charge < -0.3 is 0 Å². The molecule has 0 aliphatic carbocycles. The zero-order valence-electron chi connectivity index (χ0n) is 11.1. The molecule has 0 bridgehead atoms. The van der Waals surface area contributed by atoms with Crippen LogP contribution in [0.4, 0.5) is 4.39 Å². The third-order valence-electron chi connectivity index (χ3n) is 3.49. The fourth-order valence-electron chi connectivity index (χ4n) is 2.25. The number of hydrogen-bond donors (Lipinski definition) is 0. The number of alkyl halides is 2. The third-order valence-corrected chi connectivity index (χ3v) is 6.24. The van der Waals surface area contributed by atoms with Crippen molar-refractivity contribution in [3.05, 3.63) is 69.5 Å². The van der Waals surface area contributed by atoms with Crippen LogP contribution in [-0.4, -0.2) is 10.7 Å². The van der Waals surface area contributed by atoms with Gasteiger partial charge >= 0.3 is 0 Å². The van der Waals surface area contributed by atoms with Crippen molar-refractivity contribution >= 4 is 55.1 Å². The summed E-state index contributed by atoms with van der Waals surface area (Å²) >= 11 is 19.5. The second-order valence-corrected chi connectivity index (χ2v) is 6.94. The smallest absolute Gasteiger partial charge is 0.123 e. The Balaban J connectivity index is 2.45. The maximum absolute atomic E-state index is 13.6. The predicted molar refractivity (Wildman–Crippen MR) is 95.8 cm³/mol. The lowest BCUT2D eigenvalue weighted by Gasteiger charge is -2.31. The molecule has 0 unspecified atom stereocenters. The molecule has 0 heterocycles. The summed E-state index contributed by atoms with van der Waals surface area (Å²) in [6.07, 6.45) is 0.659. The van der Waals surface area contributed by atoms with Gasteiger partial charge in [0.25, 0.3) is 0 Å². The van der Waals surface area contributed by atoms with E-state index in [-0.39, 0.29) is 11.2 Å². The van der Waals surface area contributed by atoms with Gasteiger partial charge in [0, 0.05) is 26.1 Å². The van der Waals surface area contributed by atoms with E-state index in [0.29, 0.717) is 27.1 Å². The molecule has 0 saturated carbocycles. The van der Waals surface area contributed by atoms with E-state index in [2.05, 4.69) is 31.9 Å². The molecule has 0 N–H and O–H groups in total. The number of halogens is 5. The van der Waals surface area contributed by atoms with Crippen molar-refractivity contribution in [1.29, 1.82) is 0 Å². The molecule has 0 radical (unpaired) electrons. The monoisotopic (exact) mass is 452 g/mol. The quantitative estimate of drug-likeness (QED) is 0.458. The van der Waals surface area contributed by atoms with Crippen molar-refractivity contribution in [3.63, 3.8) is 0 Å². The summed E-state index contributed by atoms with van der Waals surface area (Å²) in [6.45, 7) is 0. The molecule has 2 rings (SSSR count). The Morgan fingerprint density at radius 2 is 1.71 bits per heavy atom. The molecule has 112 valence electrons. The van der Waals surface area contributed by atoms with E-state index in [9.17, 15) is 4.39 Å². The van der Waals surface area contributed by atoms with Crippen LogP contribution in [0.25, 0.3) is 0 Å². The lowest BCUT2D eigenvalue weighted by molar-refractivity contribution is 0.541. The van der Waals surface area contributed by atoms with Gasteiger partial charge in [-0.25, -0.2) is 4.39 Å². The maximum Gasteiger partial charge on any atom is 0.123 e. The minimum atomic E-state index is -0.295. The van der Waals surface area contributed by atoms with E-state index in [4.69, 9.17) is 23.2 Å². The first kappa shape index (κ1) is 17.3. The van der Waals surface area contributed by atoms with Crippen LogP contribution < -0.4 is 0 Å². The summed E-state index contributed by atoms with van der Waals surface area (Å²) < 4.78 is 13.6. The lowest BCUT2D eigenvalue weighted by Crippen LogP contribution is -2.33. The van der Waals surface area contributed by atoms with Gasteiger partial charge in [-0.3, -0.25) is 0 Å². The molecule has 0 spiro atoms. The molecule has 5 heteroatoms. The van der Waals surface area contributed by atoms with E-state index < -0.39 is 0 Å². The van der Waals surface area contributed by atoms with Crippen molar-refractivity contribution in [2.24, 2.45) is 0 Å². The SMILES string of the molecule is Fc1cccc(C(CBr)(CBr)Cc2cc(Cl)ccc2Cl)c1. The van der Waals surface area contributed by atoms with Crippen molar-refractivity contribution in [2.45, 2.75) is 11.8 Å². The largest absolute Gasteiger partial charge is 0.207 e. The van der Waals surface area contributed by atoms with E-state index >= 15 is 0 Å². The normalized spacial score (nSPS) is 11.7. The predicted octanol–water partition coefficient (Wildman–Crippen LogP) is 6.40. The Morgan fingerprint density at radius 3 is 2.33 bits per heavy atom. The van der Waals surface area contributed by atoms with Gasteiger partial charge in [0.05, 0.1) is 0 Å². The highest BCUT2D eigenvalue weighted by Crippen LogP contribution is 2.35. The molecule has 0 fully saturated rings. The lowest BCUT2D eigenvalue weighted by atomic mass is 9.79. The maximum atomic E-state index is 13.6. The molecular formula is C16H13Br2Cl2F. The first-order valence-electron chi connectivity index (χ1n) is 6.33. The van der Waals surface area contributed by atoms with Crippen LogP contribution >= 0.6 is 55.1 Å². The highest BCUT2D eigenvalue weighted by atomic mass is 79.9. The van der Waals surface area contributed by atoms with Gasteiger partial charge in [-0.15, -0.1) is 0 Å². The Labute approximate surface area is 150 Å². The van der Waals surface area contributed by atoms with Crippen LogP contribution in [0.15, 0.2) is 42.5 Å². The Kier molecular flexibility index (Phi) is 6.13. The Hall–Kier alpha value is -0.0900. The topological polar surface area (TPSA) is 0 Å². The molecule has 21 heavy (non-hydrogen) atoms. The zero-order valence-corrected chi connectivity index (χ0v) is 15.7. The second-order valence-electron chi connectivity index (χ2n) is 4.97. The standard InChI is InChI=1S/C16H13Br2Cl2F/c17-9-16(10-18,12-2-1-3-14(21)7-12)8-11-6-13(19)4-5-15(11)20/h1-7H,8-10H2. The Morgan fingerprint density at radius 1 is 1.00 bits per heavy atom. The first-order valence-corrected chi connectivity index (χ1v) is 9.32. The van der Waals surface area contributed by atoms with Gasteiger partial charge in [0.1, 0.15) is 5.82 Å². The average Bonchev–Trinajstić information content (AvgIpc) is 2.48. The average molecular weight is 455 g/mol. The number of benzene rings is 2. The minimum absolute atomic E-state index is 0.240. The summed E-state index contributed by atoms with van der Waals surface area (Å²) in [5, 5.41) is 2.67. The summed E-state index contributed by atoms with van der Waals surface area (Å²) in [4.78, 5) is 0. The second kappa shape index (κ2) is 7.45. The fraction of sp³-hybridized carbons (Fsp3) is 0.250. The molecule has 0 nitrogen and oxygen atoms in total. The van der Waals surface area contributed by atoms with Crippen molar-refractivity contribution in [1.82, 2.24) is 0 Å². The fourth-order valence-corrected chi connectivity index (χ4v) is 4.60. The van der Waals surface area contributed by atoms with Gasteiger partial charge in [-0.1, -0.05) is 67.2 Å². The molecule has 0 aliphatic heterocycles. The van der Waals surface area contributed by atoms with E-state index in [0.717, 1.165) is 11.1 Å². The van der Waals surface area contributed by atoms with Crippen LogP contribution in [0.1, 0.15) is 11.1 Å². The van der Waals surface area contributed by atoms with Gasteiger partial charge in [-0.05, 0) is 47.9 Å². The highest BCUT2D eigenvalue weighted by Gasteiger charge is 2.31. The van der Waals surface area contributed by atoms with E-state index in [1.807, 2.05) is 12.1 Å². The van der Waals surface area contributed by atoms with E-state index in [1.165, 1.54) is 6.07 Å². The minimum Gasteiger partial charge on any atom is -0.207 e. The van der Waals surface area contributed by atoms with Gasteiger partial charge in [-0.2, -0.15) is 0 Å². The molecule has 0 atom stereocenters. The van der Waals surface area contributed by atoms with E-state index in [1.54, 1.807) is 24.3 Å². The van der Waals surface area contributed by atoms with Crippen molar-refractivity contribution < 1.29 is 4.39 Å². The van der Waals surface area contributed by atoms with Crippen LogP contribution in [0.5, 0.6) is 0 Å². The van der Waals surface area contributed by atoms with Gasteiger partial charge in [0.2, 0.25) is 0 Å². The molecule has 0 amide bonds. The summed E-state index contributed by atoms with van der Waals surface area (Å²) in [5.41, 5.74) is 1.58. The van der Waals surface area contributed by atoms with Crippen LogP contribution in [0.2, 0.25) is 10.0 Å². The first-order chi connectivity index (χ1) is 10.0. The summed E-state index contributed by atoms with van der Waals surface area (Å²) in [5.74, 6) is -0.240. The van der Waals surface area contributed by atoms with Crippen molar-refractivity contribution in [3.8, 4) is 0 Å². The molecule has 2 aromatic rings. The van der Waals surface area contributed by atoms with Crippen molar-refractivity contribution in [2.75, 3.05) is 10.7 Å². The summed E-state index contributed by atoms with van der Waals surface area (Å²) in [6, 6.07) is 12.1. The van der Waals surface area contributed by atoms with Crippen LogP contribution in [0, 0.1) is 5.82 Å². The Bertz CT molecular complexity index is 627. The molecule has 0 aliphatic rings. The highest BCUT2D eigenvalue weighted by molar-refractivity contribution is 9.09. The number of hydrogen-bond acceptors (Lipinski definition) is 0. The number of rotatable bonds is 5. The van der Waals surface area contributed by atoms with Gasteiger partial charge in [0.15, 0.2) is 0 Å². The third kappa shape index (κ3) is 4.01. The van der Waals surface area contributed by atoms with Crippen LogP contribution in [0.3, 0.4) is 0 Å². The van der Waals surface area contributed by atoms with Crippen LogP contribution in [-0.2, 0) is 11.8 Å². The zero-order chi connectivity index (χ0) is 15.5.